The van der Waals surface area contributed by atoms with Crippen LogP contribution in [0.4, 0.5) is 0 Å². The van der Waals surface area contributed by atoms with Crippen molar-refractivity contribution in [2.75, 3.05) is 13.2 Å². The second kappa shape index (κ2) is 7.37. The molecule has 0 aromatic heterocycles. The molecule has 0 aliphatic rings. The third kappa shape index (κ3) is 6.09. The summed E-state index contributed by atoms with van der Waals surface area (Å²) in [5.41, 5.74) is 0. The molecule has 5 heteroatoms. The Morgan fingerprint density at radius 2 is 1.67 bits per heavy atom. The van der Waals surface area contributed by atoms with Crippen LogP contribution < -0.4 is 0 Å². The van der Waals surface area contributed by atoms with Crippen LogP contribution in [0, 0.1) is 0 Å². The molecule has 0 amide bonds. The van der Waals surface area contributed by atoms with Crippen LogP contribution in [0.25, 0.3) is 0 Å². The molecule has 0 rings (SSSR count). The molecule has 0 spiro atoms. The van der Waals surface area contributed by atoms with E-state index in [9.17, 15) is 9.59 Å². The van der Waals surface area contributed by atoms with E-state index in [1.54, 1.807) is 0 Å². The Balaban J connectivity index is 4.15. The Hall–Kier alpha value is -2.04. The Morgan fingerprint density at radius 1 is 1.13 bits per heavy atom. The second-order valence-electron chi connectivity index (χ2n) is 2.34. The normalized spacial score (nSPS) is 10.3. The number of aliphatic hydroxyl groups excluding tert-OH is 1. The molecule has 1 N–H and O–H groups in total. The monoisotopic (exact) mass is 212 g/mol. The van der Waals surface area contributed by atoms with Crippen LogP contribution in [0.3, 0.4) is 0 Å². The van der Waals surface area contributed by atoms with Crippen LogP contribution in [0.2, 0.25) is 0 Å². The predicted octanol–water partition coefficient (Wildman–Crippen LogP) is 0.887. The van der Waals surface area contributed by atoms with Crippen molar-refractivity contribution in [2.24, 2.45) is 0 Å². The van der Waals surface area contributed by atoms with Crippen molar-refractivity contribution in [2.45, 2.75) is 0 Å². The molecule has 82 valence electrons. The minimum absolute atomic E-state index is 0.00428. The molecule has 0 atom stereocenters. The summed E-state index contributed by atoms with van der Waals surface area (Å²) in [4.78, 5) is 21.8. The van der Waals surface area contributed by atoms with Crippen LogP contribution in [-0.2, 0) is 19.1 Å². The summed E-state index contributed by atoms with van der Waals surface area (Å²) in [6.45, 7) is 6.60. The fraction of sp³-hybridized carbons (Fsp3) is 0.200. The van der Waals surface area contributed by atoms with Crippen molar-refractivity contribution < 1.29 is 24.2 Å². The van der Waals surface area contributed by atoms with Crippen molar-refractivity contribution in [3.63, 3.8) is 0 Å². The third-order valence-electron chi connectivity index (χ3n) is 1.14. The van der Waals surface area contributed by atoms with E-state index in [2.05, 4.69) is 22.6 Å². The fourth-order valence-corrected chi connectivity index (χ4v) is 0.562. The topological polar surface area (TPSA) is 72.8 Å². The molecular weight excluding hydrogens is 200 g/mol. The summed E-state index contributed by atoms with van der Waals surface area (Å²) in [7, 11) is 0. The standard InChI is InChI=1S/C10H12O5/c1-3-5-14-9(12)7-8(11)10(13)15-6-4-2/h3-4,7,11H,1-2,5-6H2/b8-7+. The average Bonchev–Trinajstić information content (AvgIpc) is 2.22. The lowest BCUT2D eigenvalue weighted by molar-refractivity contribution is -0.142. The van der Waals surface area contributed by atoms with Gasteiger partial charge in [0.05, 0.1) is 6.08 Å². The van der Waals surface area contributed by atoms with E-state index in [1.807, 2.05) is 0 Å². The Labute approximate surface area is 87.3 Å². The molecule has 0 unspecified atom stereocenters. The number of aliphatic hydroxyl groups is 1. The first-order valence-electron chi connectivity index (χ1n) is 4.08. The zero-order valence-electron chi connectivity index (χ0n) is 8.14. The van der Waals surface area contributed by atoms with Crippen molar-refractivity contribution in [3.8, 4) is 0 Å². The van der Waals surface area contributed by atoms with E-state index < -0.39 is 17.7 Å². The van der Waals surface area contributed by atoms with Gasteiger partial charge in [0.15, 0.2) is 0 Å². The first kappa shape index (κ1) is 13.0. The van der Waals surface area contributed by atoms with Crippen molar-refractivity contribution >= 4 is 11.9 Å². The van der Waals surface area contributed by atoms with E-state index in [-0.39, 0.29) is 13.2 Å². The van der Waals surface area contributed by atoms with Gasteiger partial charge in [0.25, 0.3) is 0 Å². The lowest BCUT2D eigenvalue weighted by Crippen LogP contribution is -2.10. The lowest BCUT2D eigenvalue weighted by Gasteiger charge is -2.00. The number of esters is 2. The summed E-state index contributed by atoms with van der Waals surface area (Å²) in [6.07, 6.45) is 3.33. The highest BCUT2D eigenvalue weighted by Crippen LogP contribution is 1.95. The highest BCUT2D eigenvalue weighted by molar-refractivity contribution is 5.94. The molecule has 0 bridgehead atoms. The van der Waals surface area contributed by atoms with Gasteiger partial charge in [-0.1, -0.05) is 25.3 Å². The summed E-state index contributed by atoms with van der Waals surface area (Å²) in [5, 5.41) is 9.04. The van der Waals surface area contributed by atoms with E-state index in [1.165, 1.54) is 12.2 Å². The molecule has 0 saturated heterocycles. The van der Waals surface area contributed by atoms with Gasteiger partial charge in [0.1, 0.15) is 13.2 Å². The summed E-state index contributed by atoms with van der Waals surface area (Å²) < 4.78 is 8.95. The van der Waals surface area contributed by atoms with E-state index in [0.717, 1.165) is 0 Å². The molecule has 0 aromatic carbocycles. The number of ether oxygens (including phenoxy) is 2. The lowest BCUT2D eigenvalue weighted by atomic mass is 10.4. The molecule has 0 fully saturated rings. The van der Waals surface area contributed by atoms with E-state index >= 15 is 0 Å². The number of hydrogen-bond donors (Lipinski definition) is 1. The Morgan fingerprint density at radius 3 is 2.20 bits per heavy atom. The zero-order chi connectivity index (χ0) is 11.7. The second-order valence-corrected chi connectivity index (χ2v) is 2.34. The number of carbonyl (C=O) groups excluding carboxylic acids is 2. The maximum Gasteiger partial charge on any atom is 0.373 e. The van der Waals surface area contributed by atoms with Gasteiger partial charge in [-0.2, -0.15) is 0 Å². The van der Waals surface area contributed by atoms with Gasteiger partial charge in [-0.3, -0.25) is 0 Å². The average molecular weight is 212 g/mol. The molecular formula is C10H12O5. The van der Waals surface area contributed by atoms with E-state index in [0.29, 0.717) is 6.08 Å². The molecule has 15 heavy (non-hydrogen) atoms. The number of rotatable bonds is 6. The summed E-state index contributed by atoms with van der Waals surface area (Å²) in [6, 6.07) is 0. The van der Waals surface area contributed by atoms with Crippen LogP contribution in [0.1, 0.15) is 0 Å². The minimum Gasteiger partial charge on any atom is -0.502 e. The number of carbonyl (C=O) groups is 2. The predicted molar refractivity (Wildman–Crippen MR) is 53.0 cm³/mol. The maximum atomic E-state index is 10.9. The smallest absolute Gasteiger partial charge is 0.373 e. The van der Waals surface area contributed by atoms with Crippen molar-refractivity contribution in [1.82, 2.24) is 0 Å². The molecule has 5 nitrogen and oxygen atoms in total. The quantitative estimate of drug-likeness (QED) is 0.306. The van der Waals surface area contributed by atoms with Crippen LogP contribution >= 0.6 is 0 Å². The molecule has 0 radical (unpaired) electrons. The van der Waals surface area contributed by atoms with Crippen LogP contribution in [-0.4, -0.2) is 30.3 Å². The van der Waals surface area contributed by atoms with Gasteiger partial charge in [-0.25, -0.2) is 9.59 Å². The van der Waals surface area contributed by atoms with Gasteiger partial charge < -0.3 is 14.6 Å². The fourth-order valence-electron chi connectivity index (χ4n) is 0.562. The minimum atomic E-state index is -1.01. The van der Waals surface area contributed by atoms with Gasteiger partial charge in [0.2, 0.25) is 5.76 Å². The molecule has 0 aromatic rings. The zero-order valence-corrected chi connectivity index (χ0v) is 8.14. The van der Waals surface area contributed by atoms with Crippen molar-refractivity contribution in [1.29, 1.82) is 0 Å². The van der Waals surface area contributed by atoms with Crippen LogP contribution in [0.5, 0.6) is 0 Å². The van der Waals surface area contributed by atoms with Gasteiger partial charge in [0, 0.05) is 0 Å². The SMILES string of the molecule is C=CCOC(=O)/C=C(/O)C(=O)OCC=C. The largest absolute Gasteiger partial charge is 0.502 e. The van der Waals surface area contributed by atoms with Gasteiger partial charge in [-0.15, -0.1) is 0 Å². The van der Waals surface area contributed by atoms with E-state index in [4.69, 9.17) is 5.11 Å². The molecule has 0 aliphatic heterocycles. The Kier molecular flexibility index (Phi) is 6.37. The first-order valence-corrected chi connectivity index (χ1v) is 4.08. The highest BCUT2D eigenvalue weighted by atomic mass is 16.5. The highest BCUT2D eigenvalue weighted by Gasteiger charge is 2.10. The summed E-state index contributed by atoms with van der Waals surface area (Å²) >= 11 is 0. The molecule has 0 heterocycles. The molecule has 0 saturated carbocycles. The maximum absolute atomic E-state index is 10.9. The summed E-state index contributed by atoms with van der Waals surface area (Å²) in [5.74, 6) is -2.67. The van der Waals surface area contributed by atoms with Crippen molar-refractivity contribution in [3.05, 3.63) is 37.1 Å². The first-order chi connectivity index (χ1) is 7.11. The van der Waals surface area contributed by atoms with Gasteiger partial charge in [-0.05, 0) is 0 Å². The van der Waals surface area contributed by atoms with Crippen LogP contribution in [0.15, 0.2) is 37.1 Å². The number of hydrogen-bond acceptors (Lipinski definition) is 5. The third-order valence-corrected chi connectivity index (χ3v) is 1.14. The molecule has 0 aliphatic carbocycles. The van der Waals surface area contributed by atoms with Gasteiger partial charge >= 0.3 is 11.9 Å². The Bertz CT molecular complexity index is 290.